The van der Waals surface area contributed by atoms with E-state index in [1.807, 2.05) is 0 Å². The zero-order valence-electron chi connectivity index (χ0n) is 8.35. The van der Waals surface area contributed by atoms with Gasteiger partial charge in [0.05, 0.1) is 6.54 Å². The largest absolute Gasteiger partial charge is 0.401 e. The SMILES string of the molecule is CN(CC1CCC(N)C1)CC(F)(F)F. The van der Waals surface area contributed by atoms with E-state index in [4.69, 9.17) is 5.73 Å². The maximum absolute atomic E-state index is 12.0. The predicted octanol–water partition coefficient (Wildman–Crippen LogP) is 1.61. The van der Waals surface area contributed by atoms with Gasteiger partial charge in [-0.25, -0.2) is 0 Å². The lowest BCUT2D eigenvalue weighted by atomic mass is 10.1. The monoisotopic (exact) mass is 210 g/mol. The lowest BCUT2D eigenvalue weighted by molar-refractivity contribution is -0.144. The highest BCUT2D eigenvalue weighted by Gasteiger charge is 2.31. The molecule has 0 aromatic rings. The Bertz CT molecular complexity index is 181. The summed E-state index contributed by atoms with van der Waals surface area (Å²) in [6, 6.07) is 0.194. The molecule has 2 N–H and O–H groups in total. The van der Waals surface area contributed by atoms with Gasteiger partial charge in [-0.3, -0.25) is 4.90 Å². The van der Waals surface area contributed by atoms with Gasteiger partial charge >= 0.3 is 6.18 Å². The number of nitrogens with two attached hydrogens (primary N) is 1. The fourth-order valence-corrected chi connectivity index (χ4v) is 2.09. The van der Waals surface area contributed by atoms with Crippen LogP contribution in [-0.4, -0.2) is 37.3 Å². The van der Waals surface area contributed by atoms with Gasteiger partial charge in [0.1, 0.15) is 0 Å². The third-order valence-electron chi connectivity index (χ3n) is 2.60. The molecular weight excluding hydrogens is 193 g/mol. The number of rotatable bonds is 3. The molecule has 0 aliphatic heterocycles. The molecule has 0 aromatic carbocycles. The Labute approximate surface area is 82.2 Å². The Morgan fingerprint density at radius 1 is 1.36 bits per heavy atom. The van der Waals surface area contributed by atoms with Crippen molar-refractivity contribution in [2.24, 2.45) is 11.7 Å². The van der Waals surface area contributed by atoms with Crippen LogP contribution in [0, 0.1) is 5.92 Å². The van der Waals surface area contributed by atoms with E-state index in [9.17, 15) is 13.2 Å². The molecule has 0 spiro atoms. The molecule has 2 unspecified atom stereocenters. The summed E-state index contributed by atoms with van der Waals surface area (Å²) >= 11 is 0. The van der Waals surface area contributed by atoms with Gasteiger partial charge in [0, 0.05) is 12.6 Å². The third kappa shape index (κ3) is 4.28. The Hall–Kier alpha value is -0.290. The van der Waals surface area contributed by atoms with Crippen LogP contribution in [0.25, 0.3) is 0 Å². The van der Waals surface area contributed by atoms with E-state index >= 15 is 0 Å². The minimum atomic E-state index is -4.09. The average Bonchev–Trinajstić information content (AvgIpc) is 2.30. The highest BCUT2D eigenvalue weighted by molar-refractivity contribution is 4.79. The normalized spacial score (nSPS) is 28.7. The Kier molecular flexibility index (Phi) is 3.78. The fraction of sp³-hybridized carbons (Fsp3) is 1.00. The van der Waals surface area contributed by atoms with E-state index in [1.165, 1.54) is 11.9 Å². The molecule has 14 heavy (non-hydrogen) atoms. The van der Waals surface area contributed by atoms with Gasteiger partial charge in [0.2, 0.25) is 0 Å². The molecule has 0 bridgehead atoms. The lowest BCUT2D eigenvalue weighted by Gasteiger charge is -2.21. The molecule has 0 radical (unpaired) electrons. The second-order valence-corrected chi connectivity index (χ2v) is 4.25. The van der Waals surface area contributed by atoms with Crippen LogP contribution in [0.1, 0.15) is 19.3 Å². The minimum Gasteiger partial charge on any atom is -0.328 e. The van der Waals surface area contributed by atoms with Crippen LogP contribution in [0.5, 0.6) is 0 Å². The van der Waals surface area contributed by atoms with Crippen LogP contribution in [0.3, 0.4) is 0 Å². The molecule has 1 saturated carbocycles. The summed E-state index contributed by atoms with van der Waals surface area (Å²) in [5.41, 5.74) is 5.69. The lowest BCUT2D eigenvalue weighted by Crippen LogP contribution is -2.34. The highest BCUT2D eigenvalue weighted by Crippen LogP contribution is 2.25. The summed E-state index contributed by atoms with van der Waals surface area (Å²) in [5.74, 6) is 0.345. The van der Waals surface area contributed by atoms with E-state index in [1.54, 1.807) is 0 Å². The molecule has 0 saturated heterocycles. The third-order valence-corrected chi connectivity index (χ3v) is 2.60. The van der Waals surface area contributed by atoms with Gasteiger partial charge in [-0.1, -0.05) is 0 Å². The summed E-state index contributed by atoms with van der Waals surface area (Å²) in [7, 11) is 1.51. The summed E-state index contributed by atoms with van der Waals surface area (Å²) < 4.78 is 36.0. The molecular formula is C9H17F3N2. The molecule has 1 aliphatic carbocycles. The second-order valence-electron chi connectivity index (χ2n) is 4.25. The van der Waals surface area contributed by atoms with Crippen molar-refractivity contribution >= 4 is 0 Å². The van der Waals surface area contributed by atoms with Gasteiger partial charge in [0.25, 0.3) is 0 Å². The Balaban J connectivity index is 2.24. The van der Waals surface area contributed by atoms with Crippen LogP contribution in [-0.2, 0) is 0 Å². The number of halogens is 3. The summed E-state index contributed by atoms with van der Waals surface area (Å²) in [4.78, 5) is 1.34. The van der Waals surface area contributed by atoms with E-state index in [0.29, 0.717) is 12.5 Å². The first-order chi connectivity index (χ1) is 6.37. The van der Waals surface area contributed by atoms with E-state index in [2.05, 4.69) is 0 Å². The van der Waals surface area contributed by atoms with Crippen molar-refractivity contribution in [1.29, 1.82) is 0 Å². The molecule has 84 valence electrons. The van der Waals surface area contributed by atoms with Gasteiger partial charge < -0.3 is 5.73 Å². The van der Waals surface area contributed by atoms with Crippen molar-refractivity contribution in [1.82, 2.24) is 4.90 Å². The molecule has 1 rings (SSSR count). The molecule has 0 aromatic heterocycles. The summed E-state index contributed by atoms with van der Waals surface area (Å²) in [5, 5.41) is 0. The Morgan fingerprint density at radius 2 is 2.00 bits per heavy atom. The first-order valence-electron chi connectivity index (χ1n) is 4.87. The highest BCUT2D eigenvalue weighted by atomic mass is 19.4. The molecule has 0 heterocycles. The van der Waals surface area contributed by atoms with E-state index in [0.717, 1.165) is 19.3 Å². The minimum absolute atomic E-state index is 0.194. The van der Waals surface area contributed by atoms with Gasteiger partial charge in [-0.2, -0.15) is 13.2 Å². The first kappa shape index (κ1) is 11.8. The zero-order valence-corrected chi connectivity index (χ0v) is 8.35. The van der Waals surface area contributed by atoms with Crippen LogP contribution in [0.15, 0.2) is 0 Å². The molecule has 0 amide bonds. The smallest absolute Gasteiger partial charge is 0.328 e. The molecule has 1 fully saturated rings. The molecule has 2 atom stereocenters. The maximum Gasteiger partial charge on any atom is 0.401 e. The molecule has 5 heteroatoms. The predicted molar refractivity (Wildman–Crippen MR) is 48.9 cm³/mol. The van der Waals surface area contributed by atoms with Crippen LogP contribution in [0.4, 0.5) is 13.2 Å². The van der Waals surface area contributed by atoms with Crippen LogP contribution < -0.4 is 5.73 Å². The zero-order chi connectivity index (χ0) is 10.8. The molecule has 1 aliphatic rings. The van der Waals surface area contributed by atoms with E-state index in [-0.39, 0.29) is 6.04 Å². The van der Waals surface area contributed by atoms with Gasteiger partial charge in [-0.15, -0.1) is 0 Å². The number of alkyl halides is 3. The van der Waals surface area contributed by atoms with Crippen LogP contribution >= 0.6 is 0 Å². The van der Waals surface area contributed by atoms with E-state index < -0.39 is 12.7 Å². The van der Waals surface area contributed by atoms with Crippen molar-refractivity contribution < 1.29 is 13.2 Å². The average molecular weight is 210 g/mol. The van der Waals surface area contributed by atoms with Gasteiger partial charge in [0.15, 0.2) is 0 Å². The number of hydrogen-bond donors (Lipinski definition) is 1. The topological polar surface area (TPSA) is 29.3 Å². The van der Waals surface area contributed by atoms with Crippen molar-refractivity contribution in [2.75, 3.05) is 20.1 Å². The quantitative estimate of drug-likeness (QED) is 0.766. The first-order valence-corrected chi connectivity index (χ1v) is 4.87. The van der Waals surface area contributed by atoms with Crippen LogP contribution in [0.2, 0.25) is 0 Å². The van der Waals surface area contributed by atoms with Crippen molar-refractivity contribution in [3.05, 3.63) is 0 Å². The van der Waals surface area contributed by atoms with Crippen molar-refractivity contribution in [3.8, 4) is 0 Å². The molecule has 2 nitrogen and oxygen atoms in total. The summed E-state index contributed by atoms with van der Waals surface area (Å²) in [6.07, 6.45) is -1.31. The number of nitrogens with zero attached hydrogens (tertiary/aromatic N) is 1. The summed E-state index contributed by atoms with van der Waals surface area (Å²) in [6.45, 7) is -0.314. The Morgan fingerprint density at radius 3 is 2.43 bits per heavy atom. The standard InChI is InChI=1S/C9H17F3N2/c1-14(6-9(10,11)12)5-7-2-3-8(13)4-7/h7-8H,2-6,13H2,1H3. The second kappa shape index (κ2) is 4.49. The maximum atomic E-state index is 12.0. The van der Waals surface area contributed by atoms with Crippen molar-refractivity contribution in [2.45, 2.75) is 31.5 Å². The van der Waals surface area contributed by atoms with Crippen molar-refractivity contribution in [3.63, 3.8) is 0 Å². The number of hydrogen-bond acceptors (Lipinski definition) is 2. The van der Waals surface area contributed by atoms with Gasteiger partial charge in [-0.05, 0) is 32.2 Å². The fourth-order valence-electron chi connectivity index (χ4n) is 2.09.